The molecule has 0 saturated heterocycles. The second kappa shape index (κ2) is 8.29. The highest BCUT2D eigenvalue weighted by Gasteiger charge is 2.65. The molecule has 178 valence electrons. The zero-order chi connectivity index (χ0) is 22.6. The van der Waals surface area contributed by atoms with E-state index < -0.39 is 5.60 Å². The highest BCUT2D eigenvalue weighted by molar-refractivity contribution is 5.34. The lowest BCUT2D eigenvalue weighted by molar-refractivity contribution is -0.165. The Bertz CT molecular complexity index is 808. The molecule has 4 aliphatic rings. The van der Waals surface area contributed by atoms with Gasteiger partial charge in [0, 0.05) is 5.41 Å². The number of rotatable bonds is 5. The molecule has 0 heterocycles. The van der Waals surface area contributed by atoms with E-state index in [1.54, 1.807) is 7.11 Å². The number of aliphatic hydroxyl groups excluding tert-OH is 1. The maximum absolute atomic E-state index is 12.1. The van der Waals surface area contributed by atoms with Crippen molar-refractivity contribution in [1.29, 1.82) is 0 Å². The Morgan fingerprint density at radius 2 is 1.69 bits per heavy atom. The molecule has 0 aliphatic heterocycles. The zero-order valence-corrected chi connectivity index (χ0v) is 20.2. The van der Waals surface area contributed by atoms with Gasteiger partial charge in [0.2, 0.25) is 0 Å². The molecule has 1 unspecified atom stereocenters. The fourth-order valence-corrected chi connectivity index (χ4v) is 8.95. The zero-order valence-electron chi connectivity index (χ0n) is 20.2. The fourth-order valence-electron chi connectivity index (χ4n) is 8.95. The van der Waals surface area contributed by atoms with Gasteiger partial charge in [-0.25, -0.2) is 0 Å². The molecule has 8 atom stereocenters. The van der Waals surface area contributed by atoms with Gasteiger partial charge in [0.25, 0.3) is 0 Å². The summed E-state index contributed by atoms with van der Waals surface area (Å²) in [6, 6.07) is 8.17. The highest BCUT2D eigenvalue weighted by Crippen LogP contribution is 2.70. The van der Waals surface area contributed by atoms with Gasteiger partial charge >= 0.3 is 0 Å². The molecule has 0 bridgehead atoms. The first-order chi connectivity index (χ1) is 15.4. The van der Waals surface area contributed by atoms with E-state index in [4.69, 9.17) is 14.6 Å². The molecular weight excluding hydrogens is 400 g/mol. The average Bonchev–Trinajstić information content (AvgIpc) is 3.09. The number of fused-ring (bicyclic) bond motifs is 5. The minimum atomic E-state index is -0.734. The lowest BCUT2D eigenvalue weighted by Gasteiger charge is -2.61. The van der Waals surface area contributed by atoms with Gasteiger partial charge < -0.3 is 19.7 Å². The van der Waals surface area contributed by atoms with Crippen molar-refractivity contribution in [2.24, 2.45) is 34.5 Å². The quantitative estimate of drug-likeness (QED) is 0.649. The molecule has 0 amide bonds. The summed E-state index contributed by atoms with van der Waals surface area (Å²) >= 11 is 0. The van der Waals surface area contributed by atoms with Crippen LogP contribution >= 0.6 is 0 Å². The molecule has 0 aromatic heterocycles. The molecule has 4 fully saturated rings. The third kappa shape index (κ3) is 3.27. The van der Waals surface area contributed by atoms with Crippen LogP contribution in [0.15, 0.2) is 24.3 Å². The van der Waals surface area contributed by atoms with Crippen LogP contribution < -0.4 is 4.74 Å². The van der Waals surface area contributed by atoms with Crippen molar-refractivity contribution < 1.29 is 19.7 Å². The van der Waals surface area contributed by atoms with E-state index in [9.17, 15) is 5.11 Å². The molecule has 4 nitrogen and oxygen atoms in total. The van der Waals surface area contributed by atoms with Gasteiger partial charge in [-0.05, 0) is 105 Å². The predicted octanol–water partition coefficient (Wildman–Crippen LogP) is 5.30. The number of hydrogen-bond donors (Lipinski definition) is 2. The SMILES string of the molecule is COc1ccc([C@]2(O)CC[C@H]3[C@@H]4CCC5C[C@@H](OCCO)CC[C@]5(C)[C@H]4CC[C@@]32C)cc1. The molecule has 0 spiro atoms. The molecule has 4 saturated carbocycles. The van der Waals surface area contributed by atoms with Gasteiger partial charge in [-0.3, -0.25) is 0 Å². The lowest BCUT2D eigenvalue weighted by atomic mass is 9.44. The van der Waals surface area contributed by atoms with E-state index in [1.165, 1.54) is 25.7 Å². The van der Waals surface area contributed by atoms with Crippen LogP contribution in [0.3, 0.4) is 0 Å². The Morgan fingerprint density at radius 1 is 0.938 bits per heavy atom. The number of ether oxygens (including phenoxy) is 2. The van der Waals surface area contributed by atoms with Gasteiger partial charge in [0.15, 0.2) is 0 Å². The van der Waals surface area contributed by atoms with Crippen molar-refractivity contribution in [3.8, 4) is 5.75 Å². The number of aliphatic hydroxyl groups is 2. The topological polar surface area (TPSA) is 58.9 Å². The van der Waals surface area contributed by atoms with Crippen LogP contribution in [0.2, 0.25) is 0 Å². The van der Waals surface area contributed by atoms with Gasteiger partial charge in [-0.15, -0.1) is 0 Å². The largest absolute Gasteiger partial charge is 0.497 e. The van der Waals surface area contributed by atoms with Crippen LogP contribution in [-0.2, 0) is 10.3 Å². The van der Waals surface area contributed by atoms with E-state index in [0.717, 1.165) is 61.2 Å². The molecule has 32 heavy (non-hydrogen) atoms. The van der Waals surface area contributed by atoms with Crippen LogP contribution in [0.1, 0.15) is 77.2 Å². The Hall–Kier alpha value is -1.10. The van der Waals surface area contributed by atoms with E-state index in [0.29, 0.717) is 24.0 Å². The first-order valence-corrected chi connectivity index (χ1v) is 12.9. The molecule has 1 aromatic rings. The summed E-state index contributed by atoms with van der Waals surface area (Å²) in [5.74, 6) is 3.71. The summed E-state index contributed by atoms with van der Waals surface area (Å²) in [4.78, 5) is 0. The number of methoxy groups -OCH3 is 1. The number of hydrogen-bond acceptors (Lipinski definition) is 4. The summed E-state index contributed by atoms with van der Waals surface area (Å²) in [6.45, 7) is 5.56. The minimum Gasteiger partial charge on any atom is -0.497 e. The Balaban J connectivity index is 1.37. The average molecular weight is 443 g/mol. The molecule has 1 aromatic carbocycles. The monoisotopic (exact) mass is 442 g/mol. The first kappa shape index (κ1) is 22.7. The smallest absolute Gasteiger partial charge is 0.118 e. The normalized spacial score (nSPS) is 45.6. The van der Waals surface area contributed by atoms with Gasteiger partial charge in [0.05, 0.1) is 32.0 Å². The summed E-state index contributed by atoms with van der Waals surface area (Å²) in [5.41, 5.74) is 0.697. The van der Waals surface area contributed by atoms with Gasteiger partial charge in [-0.2, -0.15) is 0 Å². The number of benzene rings is 1. The van der Waals surface area contributed by atoms with E-state index in [2.05, 4.69) is 26.0 Å². The van der Waals surface area contributed by atoms with E-state index in [1.807, 2.05) is 12.1 Å². The van der Waals surface area contributed by atoms with Gasteiger partial charge in [0.1, 0.15) is 5.75 Å². The van der Waals surface area contributed by atoms with Crippen molar-refractivity contribution in [2.75, 3.05) is 20.3 Å². The van der Waals surface area contributed by atoms with Crippen LogP contribution in [-0.4, -0.2) is 36.6 Å². The van der Waals surface area contributed by atoms with Crippen molar-refractivity contribution >= 4 is 0 Å². The summed E-state index contributed by atoms with van der Waals surface area (Å²) < 4.78 is 11.3. The second-order valence-electron chi connectivity index (χ2n) is 11.7. The third-order valence-electron chi connectivity index (χ3n) is 10.8. The summed E-state index contributed by atoms with van der Waals surface area (Å²) in [6.07, 6.45) is 10.9. The van der Waals surface area contributed by atoms with Crippen molar-refractivity contribution in [2.45, 2.75) is 83.3 Å². The Morgan fingerprint density at radius 3 is 2.41 bits per heavy atom. The first-order valence-electron chi connectivity index (χ1n) is 12.9. The maximum atomic E-state index is 12.1. The third-order valence-corrected chi connectivity index (χ3v) is 10.8. The summed E-state index contributed by atoms with van der Waals surface area (Å²) in [5, 5.41) is 21.3. The molecule has 4 heteroatoms. The molecule has 4 aliphatic carbocycles. The highest BCUT2D eigenvalue weighted by atomic mass is 16.5. The standard InChI is InChI=1S/C28H42O4/c1-26-13-10-22(32-17-16-29)18-20(26)6-9-23-24(26)11-14-27(2)25(23)12-15-28(27,30)19-4-7-21(31-3)8-5-19/h4-5,7-8,20,22-25,29-30H,6,9-18H2,1-3H3/t20?,22-,23+,24-,25-,26-,27-,28+/m0/s1. The van der Waals surface area contributed by atoms with Crippen LogP contribution in [0.4, 0.5) is 0 Å². The van der Waals surface area contributed by atoms with Crippen molar-refractivity contribution in [3.05, 3.63) is 29.8 Å². The maximum Gasteiger partial charge on any atom is 0.118 e. The van der Waals surface area contributed by atoms with Crippen LogP contribution in [0, 0.1) is 34.5 Å². The summed E-state index contributed by atoms with van der Waals surface area (Å²) in [7, 11) is 1.70. The molecule has 2 N–H and O–H groups in total. The Labute approximate surface area is 193 Å². The molecule has 5 rings (SSSR count). The predicted molar refractivity (Wildman–Crippen MR) is 125 cm³/mol. The minimum absolute atomic E-state index is 0.0482. The van der Waals surface area contributed by atoms with Crippen molar-refractivity contribution in [3.63, 3.8) is 0 Å². The Kier molecular flexibility index (Phi) is 5.87. The lowest BCUT2D eigenvalue weighted by Crippen LogP contribution is -2.56. The molecule has 0 radical (unpaired) electrons. The second-order valence-corrected chi connectivity index (χ2v) is 11.7. The fraction of sp³-hybridized carbons (Fsp3) is 0.786. The van der Waals surface area contributed by atoms with Crippen LogP contribution in [0.5, 0.6) is 5.75 Å². The van der Waals surface area contributed by atoms with Gasteiger partial charge in [-0.1, -0.05) is 26.0 Å². The van der Waals surface area contributed by atoms with E-state index >= 15 is 0 Å². The van der Waals surface area contributed by atoms with Crippen molar-refractivity contribution in [1.82, 2.24) is 0 Å². The van der Waals surface area contributed by atoms with E-state index in [-0.39, 0.29) is 12.0 Å². The molecular formula is C28H42O4. The van der Waals surface area contributed by atoms with Crippen LogP contribution in [0.25, 0.3) is 0 Å².